The van der Waals surface area contributed by atoms with Crippen LogP contribution in [0.15, 0.2) is 30.5 Å². The topological polar surface area (TPSA) is 166 Å². The molecule has 38 heavy (non-hydrogen) atoms. The van der Waals surface area contributed by atoms with E-state index in [1.165, 1.54) is 11.8 Å². The van der Waals surface area contributed by atoms with E-state index in [2.05, 4.69) is 20.9 Å². The maximum atomic E-state index is 13.4. The number of hydrogen-bond donors (Lipinski definition) is 6. The Morgan fingerprint density at radius 1 is 0.947 bits per heavy atom. The summed E-state index contributed by atoms with van der Waals surface area (Å²) in [7, 11) is 0. The van der Waals surface area contributed by atoms with Crippen LogP contribution in [0.1, 0.15) is 46.1 Å². The molecule has 0 saturated carbocycles. The lowest BCUT2D eigenvalue weighted by molar-refractivity contribution is -0.142. The van der Waals surface area contributed by atoms with E-state index in [1.807, 2.05) is 58.2 Å². The summed E-state index contributed by atoms with van der Waals surface area (Å²) < 4.78 is 0. The molecule has 0 fully saturated rings. The third kappa shape index (κ3) is 9.05. The minimum Gasteiger partial charge on any atom is -0.480 e. The van der Waals surface area contributed by atoms with Gasteiger partial charge in [-0.1, -0.05) is 45.9 Å². The van der Waals surface area contributed by atoms with E-state index < -0.39 is 47.9 Å². The van der Waals surface area contributed by atoms with Crippen molar-refractivity contribution >= 4 is 46.4 Å². The van der Waals surface area contributed by atoms with Crippen molar-refractivity contribution in [3.05, 3.63) is 36.0 Å². The highest BCUT2D eigenvalue weighted by Gasteiger charge is 2.31. The fraction of sp³-hybridized carbons (Fsp3) is 0.556. The lowest BCUT2D eigenvalue weighted by Gasteiger charge is -2.26. The molecule has 0 radical (unpaired) electrons. The quantitative estimate of drug-likeness (QED) is 0.198. The van der Waals surface area contributed by atoms with Gasteiger partial charge in [-0.05, 0) is 48.3 Å². The fourth-order valence-electron chi connectivity index (χ4n) is 4.04. The number of thioether (sulfide) groups is 1. The van der Waals surface area contributed by atoms with Gasteiger partial charge in [0.15, 0.2) is 0 Å². The Labute approximate surface area is 228 Å². The monoisotopic (exact) mass is 547 g/mol. The molecular weight excluding hydrogens is 506 g/mol. The minimum atomic E-state index is -1.14. The average molecular weight is 548 g/mol. The molecule has 7 N–H and O–H groups in total. The normalized spacial score (nSPS) is 14.6. The molecule has 210 valence electrons. The SMILES string of the molecule is CSCCC(NC(=O)C(N)C(C)C)C(=O)NC(Cc1c[nH]c2ccccc12)C(=O)NC(CC(C)C)C(=O)O. The van der Waals surface area contributed by atoms with Gasteiger partial charge in [0.2, 0.25) is 17.7 Å². The number of rotatable bonds is 15. The van der Waals surface area contributed by atoms with Gasteiger partial charge in [-0.15, -0.1) is 0 Å². The number of H-pyrrole nitrogens is 1. The van der Waals surface area contributed by atoms with Gasteiger partial charge in [0, 0.05) is 23.5 Å². The number of para-hydroxylation sites is 1. The Morgan fingerprint density at radius 3 is 2.16 bits per heavy atom. The molecule has 0 aliphatic carbocycles. The van der Waals surface area contributed by atoms with E-state index in [0.29, 0.717) is 12.2 Å². The molecule has 2 aromatic rings. The number of nitrogens with two attached hydrogens (primary N) is 1. The molecule has 1 aromatic carbocycles. The number of hydrogen-bond acceptors (Lipinski definition) is 6. The van der Waals surface area contributed by atoms with Gasteiger partial charge in [-0.25, -0.2) is 4.79 Å². The van der Waals surface area contributed by atoms with E-state index in [-0.39, 0.29) is 24.7 Å². The van der Waals surface area contributed by atoms with Crippen LogP contribution >= 0.6 is 11.8 Å². The summed E-state index contributed by atoms with van der Waals surface area (Å²) in [6, 6.07) is 3.74. The van der Waals surface area contributed by atoms with Crippen LogP contribution in [-0.2, 0) is 25.6 Å². The lowest BCUT2D eigenvalue weighted by atomic mass is 10.0. The van der Waals surface area contributed by atoms with Crippen molar-refractivity contribution in [2.45, 2.75) is 71.1 Å². The van der Waals surface area contributed by atoms with Crippen LogP contribution in [0.5, 0.6) is 0 Å². The maximum absolute atomic E-state index is 13.4. The number of carboxylic acids is 1. The highest BCUT2D eigenvalue weighted by Crippen LogP contribution is 2.19. The summed E-state index contributed by atoms with van der Waals surface area (Å²) in [4.78, 5) is 54.4. The van der Waals surface area contributed by atoms with Crippen LogP contribution in [0.4, 0.5) is 0 Å². The molecule has 2 rings (SSSR count). The number of nitrogens with one attached hydrogen (secondary N) is 4. The van der Waals surface area contributed by atoms with E-state index in [4.69, 9.17) is 5.73 Å². The van der Waals surface area contributed by atoms with Gasteiger partial charge in [0.05, 0.1) is 6.04 Å². The first kappa shape index (κ1) is 31.2. The third-order valence-corrected chi connectivity index (χ3v) is 6.96. The number of carboxylic acid groups (broad SMARTS) is 1. The lowest BCUT2D eigenvalue weighted by Crippen LogP contribution is -2.58. The predicted octanol–water partition coefficient (Wildman–Crippen LogP) is 2.03. The molecule has 0 bridgehead atoms. The van der Waals surface area contributed by atoms with Crippen LogP contribution in [-0.4, -0.2) is 70.0 Å². The standard InChI is InChI=1S/C27H41N5O5S/c1-15(2)12-22(27(36)37)32-25(34)21(13-17-14-29-19-9-7-6-8-18(17)19)31-24(33)20(10-11-38-5)30-26(35)23(28)16(3)4/h6-9,14-16,20-23,29H,10-13,28H2,1-5H3,(H,30,35)(H,31,33)(H,32,34)(H,36,37). The number of aromatic nitrogens is 1. The molecule has 0 aliphatic rings. The first-order valence-corrected chi connectivity index (χ1v) is 14.3. The van der Waals surface area contributed by atoms with Crippen LogP contribution in [0.3, 0.4) is 0 Å². The van der Waals surface area contributed by atoms with Gasteiger partial charge in [-0.3, -0.25) is 14.4 Å². The Balaban J connectivity index is 2.32. The Bertz CT molecular complexity index is 1100. The number of fused-ring (bicyclic) bond motifs is 1. The summed E-state index contributed by atoms with van der Waals surface area (Å²) in [5.41, 5.74) is 7.65. The van der Waals surface area contributed by atoms with E-state index >= 15 is 0 Å². The molecule has 10 nitrogen and oxygen atoms in total. The van der Waals surface area contributed by atoms with Gasteiger partial charge in [0.25, 0.3) is 0 Å². The smallest absolute Gasteiger partial charge is 0.326 e. The number of benzene rings is 1. The fourth-order valence-corrected chi connectivity index (χ4v) is 4.51. The van der Waals surface area contributed by atoms with E-state index in [0.717, 1.165) is 16.5 Å². The Hall–Kier alpha value is -3.05. The molecule has 0 saturated heterocycles. The number of amides is 3. The molecule has 4 unspecified atom stereocenters. The highest BCUT2D eigenvalue weighted by atomic mass is 32.2. The summed E-state index contributed by atoms with van der Waals surface area (Å²) in [5, 5.41) is 18.6. The van der Waals surface area contributed by atoms with Crippen LogP contribution in [0, 0.1) is 11.8 Å². The van der Waals surface area contributed by atoms with Gasteiger partial charge in [-0.2, -0.15) is 11.8 Å². The van der Waals surface area contributed by atoms with Crippen molar-refractivity contribution < 1.29 is 24.3 Å². The van der Waals surface area contributed by atoms with Crippen LogP contribution in [0.2, 0.25) is 0 Å². The van der Waals surface area contributed by atoms with Crippen molar-refractivity contribution in [2.24, 2.45) is 17.6 Å². The van der Waals surface area contributed by atoms with Crippen molar-refractivity contribution in [2.75, 3.05) is 12.0 Å². The zero-order valence-corrected chi connectivity index (χ0v) is 23.6. The molecular formula is C27H41N5O5S. The maximum Gasteiger partial charge on any atom is 0.326 e. The van der Waals surface area contributed by atoms with Crippen molar-refractivity contribution in [1.29, 1.82) is 0 Å². The molecule has 1 aromatic heterocycles. The zero-order chi connectivity index (χ0) is 28.4. The number of carbonyl (C=O) groups excluding carboxylic acids is 3. The first-order chi connectivity index (χ1) is 17.9. The van der Waals surface area contributed by atoms with Crippen molar-refractivity contribution in [3.63, 3.8) is 0 Å². The number of aliphatic carboxylic acids is 1. The molecule has 3 amide bonds. The predicted molar refractivity (Wildman–Crippen MR) is 151 cm³/mol. The summed E-state index contributed by atoms with van der Waals surface area (Å²) in [6.07, 6.45) is 4.38. The summed E-state index contributed by atoms with van der Waals surface area (Å²) >= 11 is 1.53. The summed E-state index contributed by atoms with van der Waals surface area (Å²) in [6.45, 7) is 7.37. The van der Waals surface area contributed by atoms with Crippen LogP contribution in [0.25, 0.3) is 10.9 Å². The third-order valence-electron chi connectivity index (χ3n) is 6.32. The van der Waals surface area contributed by atoms with Crippen molar-refractivity contribution in [1.82, 2.24) is 20.9 Å². The largest absolute Gasteiger partial charge is 0.480 e. The molecule has 11 heteroatoms. The molecule has 0 spiro atoms. The molecule has 1 heterocycles. The van der Waals surface area contributed by atoms with Crippen LogP contribution < -0.4 is 21.7 Å². The minimum absolute atomic E-state index is 0.0364. The highest BCUT2D eigenvalue weighted by molar-refractivity contribution is 7.98. The average Bonchev–Trinajstić information content (AvgIpc) is 3.27. The Kier molecular flexibility index (Phi) is 12.1. The number of aromatic amines is 1. The second-order valence-corrected chi connectivity index (χ2v) is 11.3. The number of carbonyl (C=O) groups is 4. The summed E-state index contributed by atoms with van der Waals surface area (Å²) in [5.74, 6) is -2.20. The van der Waals surface area contributed by atoms with Crippen molar-refractivity contribution in [3.8, 4) is 0 Å². The molecule has 4 atom stereocenters. The van der Waals surface area contributed by atoms with Gasteiger partial charge in [0.1, 0.15) is 18.1 Å². The second kappa shape index (κ2) is 14.8. The van der Waals surface area contributed by atoms with Gasteiger partial charge >= 0.3 is 5.97 Å². The van der Waals surface area contributed by atoms with Gasteiger partial charge < -0.3 is 31.8 Å². The second-order valence-electron chi connectivity index (χ2n) is 10.3. The molecule has 0 aliphatic heterocycles. The Morgan fingerprint density at radius 2 is 1.55 bits per heavy atom. The zero-order valence-electron chi connectivity index (χ0n) is 22.7. The van der Waals surface area contributed by atoms with E-state index in [9.17, 15) is 24.3 Å². The first-order valence-electron chi connectivity index (χ1n) is 12.9. The van der Waals surface area contributed by atoms with E-state index in [1.54, 1.807) is 6.20 Å².